The Morgan fingerprint density at radius 2 is 1.88 bits per heavy atom. The summed E-state index contributed by atoms with van der Waals surface area (Å²) in [7, 11) is 0. The Labute approximate surface area is 146 Å². The van der Waals surface area contributed by atoms with Crippen LogP contribution < -0.4 is 4.90 Å². The van der Waals surface area contributed by atoms with Crippen LogP contribution in [0.3, 0.4) is 0 Å². The molecule has 6 heteroatoms. The normalized spacial score (nSPS) is 24.6. The lowest BCUT2D eigenvalue weighted by Crippen LogP contribution is -2.60. The highest BCUT2D eigenvalue weighted by molar-refractivity contribution is 6.04. The van der Waals surface area contributed by atoms with Crippen molar-refractivity contribution in [2.45, 2.75) is 31.0 Å². The number of aromatic nitrogens is 1. The molecular formula is C19H19N5O. The predicted octanol–water partition coefficient (Wildman–Crippen LogP) is 2.22. The molecule has 0 bridgehead atoms. The van der Waals surface area contributed by atoms with E-state index in [-0.39, 0.29) is 12.1 Å². The van der Waals surface area contributed by atoms with Crippen LogP contribution in [0, 0.1) is 11.3 Å². The van der Waals surface area contributed by atoms with Crippen LogP contribution in [0.15, 0.2) is 36.7 Å². The van der Waals surface area contributed by atoms with Gasteiger partial charge in [-0.1, -0.05) is 24.3 Å². The number of anilines is 1. The molecule has 25 heavy (non-hydrogen) atoms. The smallest absolute Gasteiger partial charge is 0.316 e. The zero-order chi connectivity index (χ0) is 17.0. The molecule has 1 aliphatic carbocycles. The van der Waals surface area contributed by atoms with Gasteiger partial charge in [-0.2, -0.15) is 5.26 Å². The third kappa shape index (κ3) is 2.27. The summed E-state index contributed by atoms with van der Waals surface area (Å²) in [6.45, 7) is 2.36. The van der Waals surface area contributed by atoms with Crippen molar-refractivity contribution in [2.24, 2.45) is 0 Å². The molecule has 3 aliphatic rings. The summed E-state index contributed by atoms with van der Waals surface area (Å²) in [6.07, 6.45) is 6.06. The quantitative estimate of drug-likeness (QED) is 0.864. The van der Waals surface area contributed by atoms with Gasteiger partial charge in [0, 0.05) is 36.1 Å². The molecule has 3 heterocycles. The Bertz CT molecular complexity index is 876. The van der Waals surface area contributed by atoms with E-state index in [0.29, 0.717) is 6.54 Å². The molecule has 0 spiro atoms. The number of fused-ring (bicyclic) bond motifs is 1. The van der Waals surface area contributed by atoms with Crippen LogP contribution in [-0.2, 0) is 0 Å². The first kappa shape index (κ1) is 14.7. The predicted molar refractivity (Wildman–Crippen MR) is 94.1 cm³/mol. The number of benzene rings is 1. The summed E-state index contributed by atoms with van der Waals surface area (Å²) < 4.78 is 0. The van der Waals surface area contributed by atoms with Gasteiger partial charge in [0.15, 0.2) is 0 Å². The second-order valence-electron chi connectivity index (χ2n) is 7.17. The van der Waals surface area contributed by atoms with Crippen molar-refractivity contribution in [3.8, 4) is 6.07 Å². The van der Waals surface area contributed by atoms with Crippen LogP contribution in [0.4, 0.5) is 10.5 Å². The fourth-order valence-electron chi connectivity index (χ4n) is 4.01. The van der Waals surface area contributed by atoms with Gasteiger partial charge in [-0.25, -0.2) is 4.79 Å². The minimum Gasteiger partial charge on any atom is -0.316 e. The average Bonchev–Trinajstić information content (AvgIpc) is 3.38. The fourth-order valence-corrected chi connectivity index (χ4v) is 4.01. The Kier molecular flexibility index (Phi) is 3.19. The van der Waals surface area contributed by atoms with Gasteiger partial charge in [-0.3, -0.25) is 14.8 Å². The number of nitriles is 1. The van der Waals surface area contributed by atoms with Crippen molar-refractivity contribution in [3.63, 3.8) is 0 Å². The highest BCUT2D eigenvalue weighted by atomic mass is 16.2. The first-order valence-corrected chi connectivity index (χ1v) is 8.82. The number of urea groups is 1. The maximum absolute atomic E-state index is 13.1. The van der Waals surface area contributed by atoms with Gasteiger partial charge in [0.05, 0.1) is 30.5 Å². The van der Waals surface area contributed by atoms with Crippen molar-refractivity contribution in [3.05, 3.63) is 36.7 Å². The third-order valence-electron chi connectivity index (χ3n) is 5.58. The molecule has 5 rings (SSSR count). The van der Waals surface area contributed by atoms with E-state index in [1.54, 1.807) is 17.3 Å². The van der Waals surface area contributed by atoms with Gasteiger partial charge in [-0.15, -0.1) is 0 Å². The Morgan fingerprint density at radius 1 is 1.08 bits per heavy atom. The minimum absolute atomic E-state index is 0.0647. The zero-order valence-corrected chi connectivity index (χ0v) is 13.9. The molecule has 1 aromatic heterocycles. The van der Waals surface area contributed by atoms with Crippen LogP contribution in [0.1, 0.15) is 12.8 Å². The summed E-state index contributed by atoms with van der Waals surface area (Å²) >= 11 is 0. The molecule has 0 radical (unpaired) electrons. The van der Waals surface area contributed by atoms with Crippen molar-refractivity contribution >= 4 is 22.5 Å². The van der Waals surface area contributed by atoms with Crippen LogP contribution in [0.25, 0.3) is 10.8 Å². The van der Waals surface area contributed by atoms with Crippen molar-refractivity contribution in [1.82, 2.24) is 14.8 Å². The summed E-state index contributed by atoms with van der Waals surface area (Å²) in [5.41, 5.74) is 0.732. The molecule has 2 amide bonds. The summed E-state index contributed by atoms with van der Waals surface area (Å²) in [5, 5.41) is 11.6. The van der Waals surface area contributed by atoms with E-state index in [1.165, 1.54) is 12.8 Å². The SMILES string of the molecule is N#CC1CN(C2CN(C3CC3)C2)C(=O)N1c1cncc2ccccc12. The number of likely N-dealkylation sites (tertiary alicyclic amines) is 1. The first-order chi connectivity index (χ1) is 12.3. The van der Waals surface area contributed by atoms with Crippen LogP contribution in [0.2, 0.25) is 0 Å². The standard InChI is InChI=1S/C19H19N5O/c20-7-15-12-23(16-10-22(11-16)14-5-6-14)19(25)24(15)18-9-21-8-13-3-1-2-4-17(13)18/h1-4,8-9,14-16H,5-6,10-12H2. The molecular weight excluding hydrogens is 314 g/mol. The zero-order valence-electron chi connectivity index (χ0n) is 13.9. The molecule has 2 aromatic rings. The number of hydrogen-bond acceptors (Lipinski definition) is 4. The number of carbonyl (C=O) groups is 1. The van der Waals surface area contributed by atoms with Gasteiger partial charge in [-0.05, 0) is 12.8 Å². The number of pyridine rings is 1. The molecule has 2 aliphatic heterocycles. The maximum atomic E-state index is 13.1. The molecule has 1 aromatic carbocycles. The van der Waals surface area contributed by atoms with Crippen molar-refractivity contribution < 1.29 is 4.79 Å². The summed E-state index contributed by atoms with van der Waals surface area (Å²) in [5.74, 6) is 0. The monoisotopic (exact) mass is 333 g/mol. The van der Waals surface area contributed by atoms with Crippen molar-refractivity contribution in [1.29, 1.82) is 5.26 Å². The number of nitrogens with zero attached hydrogens (tertiary/aromatic N) is 5. The lowest BCUT2D eigenvalue weighted by molar-refractivity contribution is 0.0579. The molecule has 2 saturated heterocycles. The van der Waals surface area contributed by atoms with E-state index >= 15 is 0 Å². The Hall–Kier alpha value is -2.65. The van der Waals surface area contributed by atoms with Gasteiger partial charge in [0.1, 0.15) is 6.04 Å². The minimum atomic E-state index is -0.463. The number of carbonyl (C=O) groups excluding carboxylic acids is 1. The maximum Gasteiger partial charge on any atom is 0.326 e. The van der Waals surface area contributed by atoms with Gasteiger partial charge in [0.2, 0.25) is 0 Å². The summed E-state index contributed by atoms with van der Waals surface area (Å²) in [6, 6.07) is 10.6. The second kappa shape index (κ2) is 5.43. The van der Waals surface area contributed by atoms with Crippen LogP contribution in [0.5, 0.6) is 0 Å². The highest BCUT2D eigenvalue weighted by Gasteiger charge is 2.48. The summed E-state index contributed by atoms with van der Waals surface area (Å²) in [4.78, 5) is 23.3. The molecule has 1 unspecified atom stereocenters. The topological polar surface area (TPSA) is 63.5 Å². The fraction of sp³-hybridized carbons (Fsp3) is 0.421. The number of hydrogen-bond donors (Lipinski definition) is 0. The Balaban J connectivity index is 1.46. The van der Waals surface area contributed by atoms with E-state index < -0.39 is 6.04 Å². The second-order valence-corrected chi connectivity index (χ2v) is 7.17. The molecule has 0 N–H and O–H groups in total. The lowest BCUT2D eigenvalue weighted by Gasteiger charge is -2.43. The van der Waals surface area contributed by atoms with Crippen LogP contribution in [-0.4, -0.2) is 58.6 Å². The largest absolute Gasteiger partial charge is 0.326 e. The molecule has 1 saturated carbocycles. The van der Waals surface area contributed by atoms with E-state index in [9.17, 15) is 10.1 Å². The van der Waals surface area contributed by atoms with Crippen LogP contribution >= 0.6 is 0 Å². The van der Waals surface area contributed by atoms with Crippen molar-refractivity contribution in [2.75, 3.05) is 24.5 Å². The van der Waals surface area contributed by atoms with E-state index in [2.05, 4.69) is 16.0 Å². The average molecular weight is 333 g/mol. The van der Waals surface area contributed by atoms with E-state index in [4.69, 9.17) is 0 Å². The molecule has 1 atom stereocenters. The highest BCUT2D eigenvalue weighted by Crippen LogP contribution is 2.36. The molecule has 3 fully saturated rings. The number of amides is 2. The first-order valence-electron chi connectivity index (χ1n) is 8.82. The van der Waals surface area contributed by atoms with Gasteiger partial charge in [0.25, 0.3) is 0 Å². The van der Waals surface area contributed by atoms with Gasteiger partial charge < -0.3 is 4.90 Å². The lowest BCUT2D eigenvalue weighted by atomic mass is 10.1. The van der Waals surface area contributed by atoms with Gasteiger partial charge >= 0.3 is 6.03 Å². The van der Waals surface area contributed by atoms with E-state index in [1.807, 2.05) is 29.2 Å². The molecule has 126 valence electrons. The Morgan fingerprint density at radius 3 is 2.64 bits per heavy atom. The molecule has 6 nitrogen and oxygen atoms in total. The van der Waals surface area contributed by atoms with E-state index in [0.717, 1.165) is 35.6 Å². The number of rotatable bonds is 3. The third-order valence-corrected chi connectivity index (χ3v) is 5.58.